The van der Waals surface area contributed by atoms with E-state index < -0.39 is 0 Å². The fourth-order valence-corrected chi connectivity index (χ4v) is 1.83. The summed E-state index contributed by atoms with van der Waals surface area (Å²) < 4.78 is 3.58. The van der Waals surface area contributed by atoms with Crippen molar-refractivity contribution in [1.29, 1.82) is 0 Å². The molecule has 2 aromatic rings. The molecule has 0 unspecified atom stereocenters. The Balaban J connectivity index is 2.33. The zero-order chi connectivity index (χ0) is 14.8. The van der Waals surface area contributed by atoms with Gasteiger partial charge in [-0.15, -0.1) is 0 Å². The molecular formula is C11H15N7OS. The number of hydrazine groups is 1. The number of nitrogen functional groups attached to an aromatic ring is 1. The minimum Gasteiger partial charge on any atom is -0.308 e. The number of hydrogen-bond donors (Lipinski definition) is 3. The molecule has 0 aliphatic rings. The average Bonchev–Trinajstić information content (AvgIpc) is 2.90. The lowest BCUT2D eigenvalue weighted by Gasteiger charge is -2.19. The normalized spacial score (nSPS) is 11.2. The Morgan fingerprint density at radius 1 is 1.35 bits per heavy atom. The molecule has 2 heterocycles. The van der Waals surface area contributed by atoms with Gasteiger partial charge >= 0.3 is 0 Å². The summed E-state index contributed by atoms with van der Waals surface area (Å²) in [7, 11) is 0. The monoisotopic (exact) mass is 293 g/mol. The van der Waals surface area contributed by atoms with Crippen LogP contribution in [0.4, 0.5) is 10.9 Å². The number of nitrogens with two attached hydrogens (primary N) is 1. The Kier molecular flexibility index (Phi) is 3.91. The summed E-state index contributed by atoms with van der Waals surface area (Å²) in [6.07, 6.45) is 0. The Labute approximate surface area is 119 Å². The predicted octanol–water partition coefficient (Wildman–Crippen LogP) is 1.16. The number of nitrogens with one attached hydrogen (secondary N) is 2. The van der Waals surface area contributed by atoms with E-state index in [2.05, 4.69) is 30.5 Å². The summed E-state index contributed by atoms with van der Waals surface area (Å²) in [5, 5.41) is 10.0. The predicted molar refractivity (Wildman–Crippen MR) is 76.4 cm³/mol. The third kappa shape index (κ3) is 3.25. The number of carbonyl (C=O) groups excluding carboxylic acids is 1. The molecule has 1 amide bonds. The van der Waals surface area contributed by atoms with Crippen molar-refractivity contribution >= 4 is 28.4 Å². The quantitative estimate of drug-likeness (QED) is 0.574. The van der Waals surface area contributed by atoms with E-state index in [-0.39, 0.29) is 11.3 Å². The lowest BCUT2D eigenvalue weighted by atomic mass is 9.90. The fraction of sp³-hybridized carbons (Fsp3) is 0.364. The van der Waals surface area contributed by atoms with Gasteiger partial charge < -0.3 is 5.43 Å². The molecule has 20 heavy (non-hydrogen) atoms. The highest BCUT2D eigenvalue weighted by atomic mass is 32.1. The summed E-state index contributed by atoms with van der Waals surface area (Å²) >= 11 is 1.01. The van der Waals surface area contributed by atoms with Gasteiger partial charge in [0, 0.05) is 28.2 Å². The third-order valence-electron chi connectivity index (χ3n) is 2.52. The number of anilines is 2. The van der Waals surface area contributed by atoms with Gasteiger partial charge in [0.2, 0.25) is 5.13 Å². The second kappa shape index (κ2) is 5.47. The maximum atomic E-state index is 12.2. The van der Waals surface area contributed by atoms with Crippen molar-refractivity contribution in [2.75, 3.05) is 10.7 Å². The van der Waals surface area contributed by atoms with Crippen molar-refractivity contribution in [2.24, 2.45) is 5.84 Å². The van der Waals surface area contributed by atoms with Crippen molar-refractivity contribution < 1.29 is 4.79 Å². The summed E-state index contributed by atoms with van der Waals surface area (Å²) in [4.78, 5) is 16.5. The van der Waals surface area contributed by atoms with Crippen molar-refractivity contribution in [3.63, 3.8) is 0 Å². The number of hydrogen-bond acceptors (Lipinski definition) is 8. The van der Waals surface area contributed by atoms with E-state index in [1.54, 1.807) is 12.1 Å². The second-order valence-electron chi connectivity index (χ2n) is 5.14. The largest absolute Gasteiger partial charge is 0.308 e. The average molecular weight is 293 g/mol. The Morgan fingerprint density at radius 3 is 2.65 bits per heavy atom. The first-order chi connectivity index (χ1) is 9.40. The first-order valence-electron chi connectivity index (χ1n) is 5.86. The molecule has 0 aromatic carbocycles. The number of aromatic nitrogens is 4. The van der Waals surface area contributed by atoms with Gasteiger partial charge in [-0.05, 0) is 17.3 Å². The number of rotatable bonds is 3. The van der Waals surface area contributed by atoms with Crippen molar-refractivity contribution in [3.8, 4) is 0 Å². The molecule has 0 spiro atoms. The molecule has 0 saturated carbocycles. The van der Waals surface area contributed by atoms with Crippen molar-refractivity contribution in [3.05, 3.63) is 23.4 Å². The van der Waals surface area contributed by atoms with E-state index in [1.807, 2.05) is 20.8 Å². The number of carbonyl (C=O) groups is 1. The van der Waals surface area contributed by atoms with E-state index in [0.717, 1.165) is 17.2 Å². The number of pyridine rings is 1. The van der Waals surface area contributed by atoms with Crippen molar-refractivity contribution in [1.82, 2.24) is 19.8 Å². The molecule has 0 aliphatic heterocycles. The molecule has 4 N–H and O–H groups in total. The lowest BCUT2D eigenvalue weighted by Crippen LogP contribution is -2.20. The summed E-state index contributed by atoms with van der Waals surface area (Å²) in [6, 6.07) is 3.30. The van der Waals surface area contributed by atoms with Gasteiger partial charge in [-0.3, -0.25) is 10.1 Å². The van der Waals surface area contributed by atoms with Crippen LogP contribution in [0.1, 0.15) is 36.8 Å². The molecule has 0 saturated heterocycles. The molecule has 0 aliphatic carbocycles. The standard InChI is InChI=1S/C11H15N7OS/c1-11(2,3)7-4-6(5-8(13-7)15-12)9(19)14-10-16-17-18-20-10/h4-5H,12H2,1-3H3,(H,13,15)(H,14,16,18,19). The van der Waals surface area contributed by atoms with Gasteiger partial charge in [-0.2, -0.15) is 0 Å². The molecule has 0 bridgehead atoms. The van der Waals surface area contributed by atoms with Crippen LogP contribution in [0.5, 0.6) is 0 Å². The van der Waals surface area contributed by atoms with Crippen LogP contribution >= 0.6 is 11.5 Å². The van der Waals surface area contributed by atoms with Crippen LogP contribution in [-0.4, -0.2) is 25.7 Å². The van der Waals surface area contributed by atoms with E-state index in [9.17, 15) is 4.79 Å². The molecule has 2 rings (SSSR count). The minimum absolute atomic E-state index is 0.202. The molecule has 0 atom stereocenters. The van der Waals surface area contributed by atoms with Gasteiger partial charge in [0.25, 0.3) is 5.91 Å². The number of amides is 1. The highest BCUT2D eigenvalue weighted by Crippen LogP contribution is 2.23. The van der Waals surface area contributed by atoms with Crippen LogP contribution < -0.4 is 16.6 Å². The van der Waals surface area contributed by atoms with Gasteiger partial charge in [-0.1, -0.05) is 30.4 Å². The highest BCUT2D eigenvalue weighted by molar-refractivity contribution is 7.09. The van der Waals surface area contributed by atoms with Crippen LogP contribution in [0.15, 0.2) is 12.1 Å². The van der Waals surface area contributed by atoms with Crippen LogP contribution in [0, 0.1) is 0 Å². The molecule has 0 radical (unpaired) electrons. The molecule has 8 nitrogen and oxygen atoms in total. The van der Waals surface area contributed by atoms with Gasteiger partial charge in [0.15, 0.2) is 0 Å². The van der Waals surface area contributed by atoms with E-state index in [0.29, 0.717) is 16.5 Å². The van der Waals surface area contributed by atoms with Gasteiger partial charge in [0.1, 0.15) is 5.82 Å². The summed E-state index contributed by atoms with van der Waals surface area (Å²) in [5.74, 6) is 5.51. The smallest absolute Gasteiger partial charge is 0.257 e. The SMILES string of the molecule is CC(C)(C)c1cc(C(=O)Nc2nnns2)cc(NN)n1. The zero-order valence-corrected chi connectivity index (χ0v) is 12.2. The van der Waals surface area contributed by atoms with Crippen LogP contribution in [0.2, 0.25) is 0 Å². The summed E-state index contributed by atoms with van der Waals surface area (Å²) in [6.45, 7) is 6.02. The topological polar surface area (TPSA) is 119 Å². The Bertz CT molecular complexity index is 606. The second-order valence-corrected chi connectivity index (χ2v) is 5.87. The van der Waals surface area contributed by atoms with E-state index in [1.165, 1.54) is 0 Å². The Morgan fingerprint density at radius 2 is 2.10 bits per heavy atom. The first kappa shape index (κ1) is 14.3. The molecule has 2 aromatic heterocycles. The number of nitrogens with zero attached hydrogens (tertiary/aromatic N) is 4. The van der Waals surface area contributed by atoms with E-state index >= 15 is 0 Å². The molecular weight excluding hydrogens is 278 g/mol. The lowest BCUT2D eigenvalue weighted by molar-refractivity contribution is 0.102. The molecule has 9 heteroatoms. The molecule has 0 fully saturated rings. The highest BCUT2D eigenvalue weighted by Gasteiger charge is 2.19. The maximum absolute atomic E-state index is 12.2. The van der Waals surface area contributed by atoms with E-state index in [4.69, 9.17) is 5.84 Å². The maximum Gasteiger partial charge on any atom is 0.257 e. The summed E-state index contributed by atoms with van der Waals surface area (Å²) in [5.41, 5.74) is 3.46. The molecule has 106 valence electrons. The van der Waals surface area contributed by atoms with Crippen LogP contribution in [0.25, 0.3) is 0 Å². The zero-order valence-electron chi connectivity index (χ0n) is 11.3. The third-order valence-corrected chi connectivity index (χ3v) is 3.03. The van der Waals surface area contributed by atoms with Gasteiger partial charge in [-0.25, -0.2) is 10.8 Å². The van der Waals surface area contributed by atoms with Crippen LogP contribution in [0.3, 0.4) is 0 Å². The van der Waals surface area contributed by atoms with Gasteiger partial charge in [0.05, 0.1) is 0 Å². The Hall–Kier alpha value is -2.13. The van der Waals surface area contributed by atoms with Crippen molar-refractivity contribution in [2.45, 2.75) is 26.2 Å². The minimum atomic E-state index is -0.312. The van der Waals surface area contributed by atoms with Crippen LogP contribution in [-0.2, 0) is 5.41 Å². The first-order valence-corrected chi connectivity index (χ1v) is 6.63. The fourth-order valence-electron chi connectivity index (χ4n) is 1.47.